The quantitative estimate of drug-likeness (QED) is 0.695. The van der Waals surface area contributed by atoms with Crippen LogP contribution >= 0.6 is 0 Å². The molecule has 0 heterocycles. The second kappa shape index (κ2) is 4.43. The van der Waals surface area contributed by atoms with Crippen LogP contribution in [0, 0.1) is 5.92 Å². The van der Waals surface area contributed by atoms with E-state index in [4.69, 9.17) is 0 Å². The number of hydrogen-bond donors (Lipinski definition) is 2. The van der Waals surface area contributed by atoms with Crippen LogP contribution in [0.4, 0.5) is 0 Å². The molecule has 0 aromatic carbocycles. The smallest absolute Gasteiger partial charge is 0.0692 e. The highest BCUT2D eigenvalue weighted by Crippen LogP contribution is 2.27. The predicted octanol–water partition coefficient (Wildman–Crippen LogP) is 1.68. The van der Waals surface area contributed by atoms with Crippen LogP contribution in [0.2, 0.25) is 0 Å². The van der Waals surface area contributed by atoms with Crippen LogP contribution in [0.15, 0.2) is 0 Å². The summed E-state index contributed by atoms with van der Waals surface area (Å²) in [6.07, 6.45) is 9.06. The maximum atomic E-state index is 9.85. The molecule has 76 valence electrons. The van der Waals surface area contributed by atoms with E-state index in [-0.39, 0.29) is 6.10 Å². The Morgan fingerprint density at radius 1 is 1.08 bits per heavy atom. The maximum absolute atomic E-state index is 9.85. The van der Waals surface area contributed by atoms with Gasteiger partial charge in [0.15, 0.2) is 0 Å². The van der Waals surface area contributed by atoms with Gasteiger partial charge in [-0.2, -0.15) is 0 Å². The Kier molecular flexibility index (Phi) is 3.23. The summed E-state index contributed by atoms with van der Waals surface area (Å²) in [7, 11) is 0. The summed E-state index contributed by atoms with van der Waals surface area (Å²) in [5.74, 6) is 0.590. The third-order valence-electron chi connectivity index (χ3n) is 3.66. The molecule has 2 N–H and O–H groups in total. The molecule has 0 aliphatic heterocycles. The van der Waals surface area contributed by atoms with Gasteiger partial charge in [-0.3, -0.25) is 0 Å². The molecular formula is C11H21NO. The Hall–Kier alpha value is -0.0800. The summed E-state index contributed by atoms with van der Waals surface area (Å²) >= 11 is 0. The zero-order valence-corrected chi connectivity index (χ0v) is 8.34. The molecule has 2 nitrogen and oxygen atoms in total. The first-order chi connectivity index (χ1) is 6.36. The van der Waals surface area contributed by atoms with Crippen molar-refractivity contribution in [3.63, 3.8) is 0 Å². The Labute approximate surface area is 80.7 Å². The molecule has 0 bridgehead atoms. The van der Waals surface area contributed by atoms with E-state index in [1.165, 1.54) is 44.9 Å². The molecule has 1 atom stereocenters. The van der Waals surface area contributed by atoms with Crippen LogP contribution < -0.4 is 5.32 Å². The van der Waals surface area contributed by atoms with Gasteiger partial charge in [-0.15, -0.1) is 0 Å². The molecule has 1 unspecified atom stereocenters. The largest absolute Gasteiger partial charge is 0.392 e. The van der Waals surface area contributed by atoms with Gasteiger partial charge in [-0.05, 0) is 31.6 Å². The van der Waals surface area contributed by atoms with Crippen LogP contribution in [0.5, 0.6) is 0 Å². The van der Waals surface area contributed by atoms with Crippen molar-refractivity contribution in [1.82, 2.24) is 5.32 Å². The lowest BCUT2D eigenvalue weighted by molar-refractivity contribution is 0.101. The number of hydrogen-bond acceptors (Lipinski definition) is 2. The van der Waals surface area contributed by atoms with Gasteiger partial charge in [0, 0.05) is 12.6 Å². The summed E-state index contributed by atoms with van der Waals surface area (Å²) in [6.45, 7) is 0.829. The molecule has 2 aliphatic rings. The van der Waals surface area contributed by atoms with Gasteiger partial charge in [0.2, 0.25) is 0 Å². The lowest BCUT2D eigenvalue weighted by Crippen LogP contribution is -2.41. The fourth-order valence-corrected chi connectivity index (χ4v) is 2.41. The molecule has 0 aromatic rings. The highest BCUT2D eigenvalue weighted by molar-refractivity contribution is 4.81. The lowest BCUT2D eigenvalue weighted by Gasteiger charge is -2.29. The van der Waals surface area contributed by atoms with Crippen LogP contribution in [0.1, 0.15) is 44.9 Å². The van der Waals surface area contributed by atoms with E-state index in [2.05, 4.69) is 5.32 Å². The first-order valence-corrected chi connectivity index (χ1v) is 5.78. The second-order valence-electron chi connectivity index (χ2n) is 4.65. The van der Waals surface area contributed by atoms with Crippen LogP contribution in [0.3, 0.4) is 0 Å². The first kappa shape index (κ1) is 9.47. The normalized spacial score (nSPS) is 27.5. The van der Waals surface area contributed by atoms with Crippen LogP contribution in [-0.2, 0) is 0 Å². The highest BCUT2D eigenvalue weighted by atomic mass is 16.3. The van der Waals surface area contributed by atoms with Gasteiger partial charge in [0.25, 0.3) is 0 Å². The molecule has 13 heavy (non-hydrogen) atoms. The lowest BCUT2D eigenvalue weighted by atomic mass is 9.92. The van der Waals surface area contributed by atoms with Crippen molar-refractivity contribution in [3.8, 4) is 0 Å². The molecule has 2 saturated carbocycles. The Morgan fingerprint density at radius 2 is 1.77 bits per heavy atom. The molecule has 0 amide bonds. The SMILES string of the molecule is OC(CNC1CCC1)C1CCCC1. The van der Waals surface area contributed by atoms with E-state index in [1.54, 1.807) is 0 Å². The van der Waals surface area contributed by atoms with Gasteiger partial charge < -0.3 is 10.4 Å². The van der Waals surface area contributed by atoms with E-state index in [0.717, 1.165) is 12.6 Å². The average Bonchev–Trinajstić information content (AvgIpc) is 2.52. The predicted molar refractivity (Wildman–Crippen MR) is 53.6 cm³/mol. The number of aliphatic hydroxyl groups excluding tert-OH is 1. The summed E-state index contributed by atoms with van der Waals surface area (Å²) in [5, 5.41) is 13.3. The van der Waals surface area contributed by atoms with E-state index in [9.17, 15) is 5.11 Å². The Balaban J connectivity index is 1.62. The highest BCUT2D eigenvalue weighted by Gasteiger charge is 2.24. The van der Waals surface area contributed by atoms with Gasteiger partial charge in [-0.25, -0.2) is 0 Å². The third kappa shape index (κ3) is 2.44. The third-order valence-corrected chi connectivity index (χ3v) is 3.66. The summed E-state index contributed by atoms with van der Waals surface area (Å²) in [6, 6.07) is 0.719. The van der Waals surface area contributed by atoms with E-state index < -0.39 is 0 Å². The minimum atomic E-state index is -0.0805. The van der Waals surface area contributed by atoms with Crippen molar-refractivity contribution >= 4 is 0 Å². The van der Waals surface area contributed by atoms with Crippen molar-refractivity contribution in [1.29, 1.82) is 0 Å². The number of rotatable bonds is 4. The summed E-state index contributed by atoms with van der Waals surface area (Å²) in [5.41, 5.74) is 0. The van der Waals surface area contributed by atoms with Crippen LogP contribution in [0.25, 0.3) is 0 Å². The standard InChI is InChI=1S/C11H21NO/c13-11(9-4-1-2-5-9)8-12-10-6-3-7-10/h9-13H,1-8H2. The summed E-state index contributed by atoms with van der Waals surface area (Å²) in [4.78, 5) is 0. The molecule has 2 aliphatic carbocycles. The minimum absolute atomic E-state index is 0.0805. The second-order valence-corrected chi connectivity index (χ2v) is 4.65. The maximum Gasteiger partial charge on any atom is 0.0692 e. The fourth-order valence-electron chi connectivity index (χ4n) is 2.41. The van der Waals surface area contributed by atoms with Crippen molar-refractivity contribution in [3.05, 3.63) is 0 Å². The van der Waals surface area contributed by atoms with Gasteiger partial charge in [-0.1, -0.05) is 19.3 Å². The molecule has 2 heteroatoms. The first-order valence-electron chi connectivity index (χ1n) is 5.78. The van der Waals surface area contributed by atoms with Crippen molar-refractivity contribution in [2.45, 2.75) is 57.1 Å². The number of nitrogens with one attached hydrogen (secondary N) is 1. The van der Waals surface area contributed by atoms with Gasteiger partial charge >= 0.3 is 0 Å². The van der Waals surface area contributed by atoms with E-state index in [0.29, 0.717) is 5.92 Å². The molecular weight excluding hydrogens is 162 g/mol. The zero-order chi connectivity index (χ0) is 9.10. The van der Waals surface area contributed by atoms with E-state index >= 15 is 0 Å². The zero-order valence-electron chi connectivity index (χ0n) is 8.34. The van der Waals surface area contributed by atoms with Gasteiger partial charge in [0.1, 0.15) is 0 Å². The van der Waals surface area contributed by atoms with Crippen LogP contribution in [-0.4, -0.2) is 23.8 Å². The summed E-state index contributed by atoms with van der Waals surface area (Å²) < 4.78 is 0. The minimum Gasteiger partial charge on any atom is -0.392 e. The van der Waals surface area contributed by atoms with Crippen molar-refractivity contribution in [2.75, 3.05) is 6.54 Å². The molecule has 0 aromatic heterocycles. The van der Waals surface area contributed by atoms with E-state index in [1.807, 2.05) is 0 Å². The average molecular weight is 183 g/mol. The topological polar surface area (TPSA) is 32.3 Å². The molecule has 2 rings (SSSR count). The van der Waals surface area contributed by atoms with Crippen molar-refractivity contribution < 1.29 is 5.11 Å². The number of aliphatic hydroxyl groups is 1. The van der Waals surface area contributed by atoms with Gasteiger partial charge in [0.05, 0.1) is 6.10 Å². The molecule has 2 fully saturated rings. The Morgan fingerprint density at radius 3 is 2.31 bits per heavy atom. The molecule has 0 saturated heterocycles. The fraction of sp³-hybridized carbons (Fsp3) is 1.00. The monoisotopic (exact) mass is 183 g/mol. The molecule has 0 spiro atoms. The Bertz CT molecular complexity index is 150. The van der Waals surface area contributed by atoms with Crippen molar-refractivity contribution in [2.24, 2.45) is 5.92 Å². The molecule has 0 radical (unpaired) electrons.